The van der Waals surface area contributed by atoms with Crippen molar-refractivity contribution >= 4 is 23.2 Å². The molecule has 1 N–H and O–H groups in total. The third kappa shape index (κ3) is 3.25. The molecule has 0 aliphatic heterocycles. The molecule has 0 saturated carbocycles. The number of aryl methyl sites for hydroxylation is 1. The Morgan fingerprint density at radius 1 is 1.28 bits per heavy atom. The van der Waals surface area contributed by atoms with Crippen LogP contribution in [0.25, 0.3) is 0 Å². The highest BCUT2D eigenvalue weighted by molar-refractivity contribution is 6.34. The van der Waals surface area contributed by atoms with Gasteiger partial charge >= 0.3 is 0 Å². The van der Waals surface area contributed by atoms with E-state index in [-0.39, 0.29) is 6.04 Å². The molecule has 0 radical (unpaired) electrons. The normalized spacial score (nSPS) is 12.7. The molecule has 0 aliphatic rings. The summed E-state index contributed by atoms with van der Waals surface area (Å²) in [6.45, 7) is 0. The van der Waals surface area contributed by atoms with E-state index in [9.17, 15) is 0 Å². The standard InChI is InChI=1S/C13H15Cl2N3/c1-16-13(3-9-7-17-18(2)8-9)10-4-11(14)6-12(15)5-10/h4-8,13,16H,3H2,1-2H3. The SMILES string of the molecule is CNC(Cc1cnn(C)c1)c1cc(Cl)cc(Cl)c1. The van der Waals surface area contributed by atoms with Crippen molar-refractivity contribution in [2.45, 2.75) is 12.5 Å². The van der Waals surface area contributed by atoms with E-state index in [4.69, 9.17) is 23.2 Å². The fourth-order valence-electron chi connectivity index (χ4n) is 1.98. The number of hydrogen-bond donors (Lipinski definition) is 1. The van der Waals surface area contributed by atoms with Crippen LogP contribution >= 0.6 is 23.2 Å². The van der Waals surface area contributed by atoms with Gasteiger partial charge < -0.3 is 5.32 Å². The van der Waals surface area contributed by atoms with Gasteiger partial charge in [-0.05, 0) is 42.8 Å². The van der Waals surface area contributed by atoms with Crippen molar-refractivity contribution < 1.29 is 0 Å². The van der Waals surface area contributed by atoms with Crippen LogP contribution in [0.2, 0.25) is 10.0 Å². The second-order valence-electron chi connectivity index (χ2n) is 4.27. The second-order valence-corrected chi connectivity index (χ2v) is 5.14. The van der Waals surface area contributed by atoms with E-state index in [0.29, 0.717) is 10.0 Å². The lowest BCUT2D eigenvalue weighted by Crippen LogP contribution is -2.18. The first-order valence-electron chi connectivity index (χ1n) is 5.69. The molecule has 0 fully saturated rings. The molecule has 96 valence electrons. The van der Waals surface area contributed by atoms with Gasteiger partial charge in [0.15, 0.2) is 0 Å². The molecule has 3 nitrogen and oxygen atoms in total. The summed E-state index contributed by atoms with van der Waals surface area (Å²) in [7, 11) is 3.84. The van der Waals surface area contributed by atoms with Gasteiger partial charge in [0, 0.05) is 29.3 Å². The summed E-state index contributed by atoms with van der Waals surface area (Å²) in [5.41, 5.74) is 2.26. The minimum absolute atomic E-state index is 0.172. The summed E-state index contributed by atoms with van der Waals surface area (Å²) in [4.78, 5) is 0. The summed E-state index contributed by atoms with van der Waals surface area (Å²) in [5.74, 6) is 0. The Hall–Kier alpha value is -1.03. The maximum atomic E-state index is 6.03. The molecule has 18 heavy (non-hydrogen) atoms. The first-order chi connectivity index (χ1) is 8.58. The molecule has 1 heterocycles. The van der Waals surface area contributed by atoms with E-state index >= 15 is 0 Å². The first kappa shape index (κ1) is 13.4. The van der Waals surface area contributed by atoms with E-state index in [1.807, 2.05) is 38.6 Å². The quantitative estimate of drug-likeness (QED) is 0.934. The van der Waals surface area contributed by atoms with E-state index < -0.39 is 0 Å². The minimum atomic E-state index is 0.172. The van der Waals surface area contributed by atoms with Crippen LogP contribution in [0.4, 0.5) is 0 Å². The number of nitrogens with one attached hydrogen (secondary N) is 1. The summed E-state index contributed by atoms with van der Waals surface area (Å²) in [6.07, 6.45) is 4.73. The molecule has 0 bridgehead atoms. The Kier molecular flexibility index (Phi) is 4.27. The molecule has 2 aromatic rings. The van der Waals surface area contributed by atoms with Crippen LogP contribution in [0.5, 0.6) is 0 Å². The van der Waals surface area contributed by atoms with Crippen LogP contribution in [0.15, 0.2) is 30.6 Å². The van der Waals surface area contributed by atoms with Crippen molar-refractivity contribution in [3.05, 3.63) is 51.8 Å². The summed E-state index contributed by atoms with van der Waals surface area (Å²) < 4.78 is 1.80. The molecule has 1 atom stereocenters. The highest BCUT2D eigenvalue weighted by Crippen LogP contribution is 2.25. The Balaban J connectivity index is 2.22. The number of halogens is 2. The van der Waals surface area contributed by atoms with E-state index in [0.717, 1.165) is 12.0 Å². The van der Waals surface area contributed by atoms with Crippen molar-refractivity contribution in [1.29, 1.82) is 0 Å². The average Bonchev–Trinajstić information content (AvgIpc) is 2.70. The molecular weight excluding hydrogens is 269 g/mol. The van der Waals surface area contributed by atoms with Gasteiger partial charge in [0.1, 0.15) is 0 Å². The molecular formula is C13H15Cl2N3. The van der Waals surface area contributed by atoms with E-state index in [2.05, 4.69) is 10.4 Å². The number of aromatic nitrogens is 2. The maximum Gasteiger partial charge on any atom is 0.0522 e. The lowest BCUT2D eigenvalue weighted by molar-refractivity contribution is 0.592. The van der Waals surface area contributed by atoms with Gasteiger partial charge in [-0.1, -0.05) is 23.2 Å². The van der Waals surface area contributed by atoms with Crippen LogP contribution in [0, 0.1) is 0 Å². The highest BCUT2D eigenvalue weighted by Gasteiger charge is 2.12. The Morgan fingerprint density at radius 3 is 2.44 bits per heavy atom. The predicted molar refractivity (Wildman–Crippen MR) is 75.2 cm³/mol. The summed E-state index contributed by atoms with van der Waals surface area (Å²) in [6, 6.07) is 5.78. The van der Waals surface area contributed by atoms with E-state index in [1.165, 1.54) is 5.56 Å². The predicted octanol–water partition coefficient (Wildman–Crippen LogP) is 3.23. The third-order valence-electron chi connectivity index (χ3n) is 2.83. The monoisotopic (exact) mass is 283 g/mol. The number of rotatable bonds is 4. The molecule has 2 rings (SSSR count). The van der Waals surface area contributed by atoms with Crippen molar-refractivity contribution in [3.8, 4) is 0 Å². The van der Waals surface area contributed by atoms with Crippen LogP contribution in [-0.2, 0) is 13.5 Å². The summed E-state index contributed by atoms with van der Waals surface area (Å²) >= 11 is 12.1. The van der Waals surface area contributed by atoms with Gasteiger partial charge in [-0.25, -0.2) is 0 Å². The smallest absolute Gasteiger partial charge is 0.0522 e. The van der Waals surface area contributed by atoms with Gasteiger partial charge in [-0.15, -0.1) is 0 Å². The molecule has 1 aromatic carbocycles. The van der Waals surface area contributed by atoms with Gasteiger partial charge in [0.25, 0.3) is 0 Å². The lowest BCUT2D eigenvalue weighted by Gasteiger charge is -2.16. The van der Waals surface area contributed by atoms with Crippen LogP contribution in [-0.4, -0.2) is 16.8 Å². The van der Waals surface area contributed by atoms with Gasteiger partial charge in [0.2, 0.25) is 0 Å². The lowest BCUT2D eigenvalue weighted by atomic mass is 10.0. The van der Waals surface area contributed by atoms with Crippen molar-refractivity contribution in [3.63, 3.8) is 0 Å². The fraction of sp³-hybridized carbons (Fsp3) is 0.308. The van der Waals surface area contributed by atoms with Crippen molar-refractivity contribution in [2.24, 2.45) is 7.05 Å². The molecule has 1 aromatic heterocycles. The van der Waals surface area contributed by atoms with Gasteiger partial charge in [-0.3, -0.25) is 4.68 Å². The number of nitrogens with zero attached hydrogens (tertiary/aromatic N) is 2. The molecule has 1 unspecified atom stereocenters. The molecule has 0 aliphatic carbocycles. The second kappa shape index (κ2) is 5.74. The van der Waals surface area contributed by atoms with Crippen LogP contribution < -0.4 is 5.32 Å². The number of hydrogen-bond acceptors (Lipinski definition) is 2. The molecule has 0 amide bonds. The van der Waals surface area contributed by atoms with Crippen molar-refractivity contribution in [2.75, 3.05) is 7.05 Å². The topological polar surface area (TPSA) is 29.9 Å². The molecule has 0 saturated heterocycles. The molecule has 0 spiro atoms. The Morgan fingerprint density at radius 2 is 1.94 bits per heavy atom. The number of likely N-dealkylation sites (N-methyl/N-ethyl adjacent to an activating group) is 1. The Bertz CT molecular complexity index is 517. The third-order valence-corrected chi connectivity index (χ3v) is 3.27. The largest absolute Gasteiger partial charge is 0.313 e. The minimum Gasteiger partial charge on any atom is -0.313 e. The zero-order chi connectivity index (χ0) is 13.1. The highest BCUT2D eigenvalue weighted by atomic mass is 35.5. The maximum absolute atomic E-state index is 6.03. The zero-order valence-corrected chi connectivity index (χ0v) is 11.8. The molecule has 5 heteroatoms. The van der Waals surface area contributed by atoms with Crippen LogP contribution in [0.3, 0.4) is 0 Å². The van der Waals surface area contributed by atoms with Gasteiger partial charge in [0.05, 0.1) is 6.20 Å². The van der Waals surface area contributed by atoms with Crippen LogP contribution in [0.1, 0.15) is 17.2 Å². The Labute approximate surface area is 117 Å². The summed E-state index contributed by atoms with van der Waals surface area (Å²) in [5, 5.41) is 8.76. The zero-order valence-electron chi connectivity index (χ0n) is 10.3. The first-order valence-corrected chi connectivity index (χ1v) is 6.45. The van der Waals surface area contributed by atoms with Crippen molar-refractivity contribution in [1.82, 2.24) is 15.1 Å². The van der Waals surface area contributed by atoms with E-state index in [1.54, 1.807) is 10.7 Å². The average molecular weight is 284 g/mol. The fourth-order valence-corrected chi connectivity index (χ4v) is 2.52. The van der Waals surface area contributed by atoms with Gasteiger partial charge in [-0.2, -0.15) is 5.10 Å². The number of benzene rings is 1.